The summed E-state index contributed by atoms with van der Waals surface area (Å²) in [6, 6.07) is 0. The Hall–Kier alpha value is -1.32. The number of carbonyl (C=O) groups is 1. The monoisotopic (exact) mass is 277 g/mol. The third kappa shape index (κ3) is 3.41. The van der Waals surface area contributed by atoms with Gasteiger partial charge in [0.15, 0.2) is 0 Å². The molecule has 1 aliphatic heterocycles. The molecule has 1 aliphatic rings. The van der Waals surface area contributed by atoms with Crippen molar-refractivity contribution in [1.29, 1.82) is 0 Å². The summed E-state index contributed by atoms with van der Waals surface area (Å²) in [5, 5.41) is 4.53. The summed E-state index contributed by atoms with van der Waals surface area (Å²) in [5.74, 6) is 0.315. The molecule has 0 aliphatic carbocycles. The van der Waals surface area contributed by atoms with Crippen molar-refractivity contribution in [3.05, 3.63) is 17.0 Å². The van der Waals surface area contributed by atoms with Gasteiger partial charge in [0.2, 0.25) is 5.91 Å². The predicted molar refractivity (Wildman–Crippen MR) is 80.7 cm³/mol. The predicted octanol–water partition coefficient (Wildman–Crippen LogP) is 2.86. The highest BCUT2D eigenvalue weighted by molar-refractivity contribution is 5.76. The van der Waals surface area contributed by atoms with Gasteiger partial charge in [0.1, 0.15) is 0 Å². The van der Waals surface area contributed by atoms with Gasteiger partial charge in [-0.2, -0.15) is 5.10 Å². The van der Waals surface area contributed by atoms with E-state index >= 15 is 0 Å². The molecule has 0 atom stereocenters. The van der Waals surface area contributed by atoms with E-state index in [1.54, 1.807) is 0 Å². The van der Waals surface area contributed by atoms with Gasteiger partial charge in [0.25, 0.3) is 0 Å². The van der Waals surface area contributed by atoms with Crippen LogP contribution in [0.1, 0.15) is 56.0 Å². The van der Waals surface area contributed by atoms with Crippen molar-refractivity contribution >= 4 is 5.91 Å². The molecule has 1 aromatic heterocycles. The average Bonchev–Trinajstić information content (AvgIpc) is 2.66. The summed E-state index contributed by atoms with van der Waals surface area (Å²) >= 11 is 0. The fraction of sp³-hybridized carbons (Fsp3) is 0.750. The number of hydrogen-bond acceptors (Lipinski definition) is 2. The van der Waals surface area contributed by atoms with Crippen LogP contribution in [0.2, 0.25) is 0 Å². The fourth-order valence-electron chi connectivity index (χ4n) is 3.11. The lowest BCUT2D eigenvalue weighted by Crippen LogP contribution is -2.32. The highest BCUT2D eigenvalue weighted by atomic mass is 16.2. The molecule has 0 bridgehead atoms. The Morgan fingerprint density at radius 1 is 1.15 bits per heavy atom. The van der Waals surface area contributed by atoms with E-state index in [4.69, 9.17) is 0 Å². The highest BCUT2D eigenvalue weighted by Gasteiger charge is 2.17. The van der Waals surface area contributed by atoms with Crippen LogP contribution in [0.3, 0.4) is 0 Å². The molecule has 4 heteroatoms. The molecule has 20 heavy (non-hydrogen) atoms. The summed E-state index contributed by atoms with van der Waals surface area (Å²) in [4.78, 5) is 14.4. The van der Waals surface area contributed by atoms with Gasteiger partial charge in [-0.25, -0.2) is 0 Å². The number of aromatic nitrogens is 2. The molecule has 0 saturated carbocycles. The van der Waals surface area contributed by atoms with E-state index in [-0.39, 0.29) is 0 Å². The zero-order chi connectivity index (χ0) is 14.5. The Kier molecular flexibility index (Phi) is 5.21. The second-order valence-electron chi connectivity index (χ2n) is 5.76. The lowest BCUT2D eigenvalue weighted by atomic mass is 10.1. The first-order chi connectivity index (χ1) is 9.63. The van der Waals surface area contributed by atoms with Gasteiger partial charge < -0.3 is 4.90 Å². The summed E-state index contributed by atoms with van der Waals surface area (Å²) in [6.07, 6.45) is 6.32. The SMILES string of the molecule is CCn1nc(C)c(CCC(=O)N2CCCCCC2)c1C. The number of aryl methyl sites for hydroxylation is 2. The van der Waals surface area contributed by atoms with Crippen molar-refractivity contribution in [2.24, 2.45) is 0 Å². The first-order valence-corrected chi connectivity index (χ1v) is 7.94. The molecular weight excluding hydrogens is 250 g/mol. The largest absolute Gasteiger partial charge is 0.343 e. The quantitative estimate of drug-likeness (QED) is 0.848. The summed E-state index contributed by atoms with van der Waals surface area (Å²) < 4.78 is 2.03. The molecule has 1 saturated heterocycles. The Morgan fingerprint density at radius 3 is 2.35 bits per heavy atom. The maximum absolute atomic E-state index is 12.3. The number of hydrogen-bond donors (Lipinski definition) is 0. The van der Waals surface area contributed by atoms with Gasteiger partial charge >= 0.3 is 0 Å². The standard InChI is InChI=1S/C16H27N3O/c1-4-19-14(3)15(13(2)17-19)9-10-16(20)18-11-7-5-6-8-12-18/h4-12H2,1-3H3. The van der Waals surface area contributed by atoms with Crippen LogP contribution in [0.15, 0.2) is 0 Å². The first-order valence-electron chi connectivity index (χ1n) is 7.94. The topological polar surface area (TPSA) is 38.1 Å². The molecule has 1 aromatic rings. The summed E-state index contributed by atoms with van der Waals surface area (Å²) in [6.45, 7) is 9.05. The molecule has 0 aromatic carbocycles. The van der Waals surface area contributed by atoms with Crippen LogP contribution < -0.4 is 0 Å². The Bertz CT molecular complexity index is 457. The summed E-state index contributed by atoms with van der Waals surface area (Å²) in [7, 11) is 0. The molecular formula is C16H27N3O. The Labute approximate surface area is 122 Å². The minimum atomic E-state index is 0.315. The molecule has 2 heterocycles. The smallest absolute Gasteiger partial charge is 0.222 e. The minimum Gasteiger partial charge on any atom is -0.343 e. The highest BCUT2D eigenvalue weighted by Crippen LogP contribution is 2.17. The van der Waals surface area contributed by atoms with Crippen molar-refractivity contribution < 1.29 is 4.79 Å². The number of nitrogens with zero attached hydrogens (tertiary/aromatic N) is 3. The lowest BCUT2D eigenvalue weighted by Gasteiger charge is -2.20. The van der Waals surface area contributed by atoms with Gasteiger partial charge in [-0.3, -0.25) is 9.48 Å². The second-order valence-corrected chi connectivity index (χ2v) is 5.76. The summed E-state index contributed by atoms with van der Waals surface area (Å²) in [5.41, 5.74) is 3.55. The van der Waals surface area contributed by atoms with E-state index in [1.807, 2.05) is 11.6 Å². The van der Waals surface area contributed by atoms with Gasteiger partial charge in [0, 0.05) is 31.7 Å². The van der Waals surface area contributed by atoms with Gasteiger partial charge in [-0.1, -0.05) is 12.8 Å². The minimum absolute atomic E-state index is 0.315. The maximum Gasteiger partial charge on any atom is 0.222 e. The average molecular weight is 277 g/mol. The van der Waals surface area contributed by atoms with E-state index in [9.17, 15) is 4.79 Å². The molecule has 2 rings (SSSR count). The number of amides is 1. The third-order valence-corrected chi connectivity index (χ3v) is 4.38. The van der Waals surface area contributed by atoms with Gasteiger partial charge in [-0.05, 0) is 45.6 Å². The van der Waals surface area contributed by atoms with E-state index in [2.05, 4.69) is 23.8 Å². The number of carbonyl (C=O) groups excluding carboxylic acids is 1. The van der Waals surface area contributed by atoms with Crippen molar-refractivity contribution in [2.45, 2.75) is 65.8 Å². The van der Waals surface area contributed by atoms with E-state index in [1.165, 1.54) is 24.1 Å². The number of likely N-dealkylation sites (tertiary alicyclic amines) is 1. The molecule has 1 fully saturated rings. The molecule has 4 nitrogen and oxygen atoms in total. The van der Waals surface area contributed by atoms with Crippen LogP contribution >= 0.6 is 0 Å². The maximum atomic E-state index is 12.3. The van der Waals surface area contributed by atoms with Crippen molar-refractivity contribution in [3.63, 3.8) is 0 Å². The Morgan fingerprint density at radius 2 is 1.80 bits per heavy atom. The Balaban J connectivity index is 1.94. The molecule has 0 unspecified atom stereocenters. The van der Waals surface area contributed by atoms with Gasteiger partial charge in [0.05, 0.1) is 5.69 Å². The van der Waals surface area contributed by atoms with Crippen LogP contribution in [0.4, 0.5) is 0 Å². The van der Waals surface area contributed by atoms with E-state index in [0.29, 0.717) is 12.3 Å². The first kappa shape index (κ1) is 15.1. The zero-order valence-electron chi connectivity index (χ0n) is 13.1. The molecule has 1 amide bonds. The fourth-order valence-corrected chi connectivity index (χ4v) is 3.11. The molecule has 0 radical (unpaired) electrons. The van der Waals surface area contributed by atoms with Crippen LogP contribution in [0, 0.1) is 13.8 Å². The van der Waals surface area contributed by atoms with Crippen LogP contribution in [-0.2, 0) is 17.8 Å². The van der Waals surface area contributed by atoms with Crippen LogP contribution in [0.5, 0.6) is 0 Å². The van der Waals surface area contributed by atoms with Crippen LogP contribution in [0.25, 0.3) is 0 Å². The van der Waals surface area contributed by atoms with Crippen molar-refractivity contribution in [1.82, 2.24) is 14.7 Å². The van der Waals surface area contributed by atoms with Crippen molar-refractivity contribution in [2.75, 3.05) is 13.1 Å². The van der Waals surface area contributed by atoms with Crippen molar-refractivity contribution in [3.8, 4) is 0 Å². The van der Waals surface area contributed by atoms with E-state index < -0.39 is 0 Å². The van der Waals surface area contributed by atoms with Gasteiger partial charge in [-0.15, -0.1) is 0 Å². The molecule has 0 spiro atoms. The molecule has 112 valence electrons. The zero-order valence-corrected chi connectivity index (χ0v) is 13.1. The number of rotatable bonds is 4. The van der Waals surface area contributed by atoms with E-state index in [0.717, 1.165) is 44.6 Å². The third-order valence-electron chi connectivity index (χ3n) is 4.38. The second kappa shape index (κ2) is 6.91. The normalized spacial score (nSPS) is 16.2. The van der Waals surface area contributed by atoms with Crippen LogP contribution in [-0.4, -0.2) is 33.7 Å². The molecule has 0 N–H and O–H groups in total. The lowest BCUT2D eigenvalue weighted by molar-refractivity contribution is -0.131.